The van der Waals surface area contributed by atoms with Crippen molar-refractivity contribution >= 4 is 29.5 Å². The van der Waals surface area contributed by atoms with Gasteiger partial charge in [-0.05, 0) is 36.9 Å². The second-order valence-corrected chi connectivity index (χ2v) is 5.30. The maximum absolute atomic E-state index is 11.6. The van der Waals surface area contributed by atoms with E-state index in [1.165, 1.54) is 22.3 Å². The molecule has 0 atom stereocenters. The summed E-state index contributed by atoms with van der Waals surface area (Å²) in [6.07, 6.45) is 2.09. The fraction of sp³-hybridized carbons (Fsp3) is 0.385. The number of hydrogen-bond acceptors (Lipinski definition) is 4. The van der Waals surface area contributed by atoms with Gasteiger partial charge in [0.15, 0.2) is 0 Å². The number of rotatable bonds is 5. The van der Waals surface area contributed by atoms with E-state index in [1.807, 2.05) is 11.4 Å². The van der Waals surface area contributed by atoms with Crippen LogP contribution >= 0.6 is 11.3 Å². The summed E-state index contributed by atoms with van der Waals surface area (Å²) < 4.78 is 5.07. The number of carbonyl (C=O) groups excluding carboxylic acids is 1. The van der Waals surface area contributed by atoms with E-state index in [0.717, 1.165) is 16.5 Å². The average molecular weight is 283 g/mol. The normalized spacial score (nSPS) is 10.9. The largest absolute Gasteiger partial charge is 0.478 e. The van der Waals surface area contributed by atoms with Crippen molar-refractivity contribution in [2.45, 2.75) is 26.5 Å². The monoisotopic (exact) mass is 283 g/mol. The molecule has 0 saturated heterocycles. The van der Waals surface area contributed by atoms with Crippen LogP contribution in [0.5, 0.6) is 0 Å². The van der Waals surface area contributed by atoms with Gasteiger partial charge in [0.1, 0.15) is 0 Å². The Morgan fingerprint density at radius 1 is 1.53 bits per heavy atom. The summed E-state index contributed by atoms with van der Waals surface area (Å²) in [4.78, 5) is 24.4. The molecule has 1 aromatic rings. The van der Waals surface area contributed by atoms with E-state index < -0.39 is 5.97 Å². The number of nitrogens with zero attached hydrogens (tertiary/aromatic N) is 1. The molecule has 1 aromatic heterocycles. The Bertz CT molecular complexity index is 479. The molecule has 1 heterocycles. The maximum Gasteiger partial charge on any atom is 0.410 e. The highest BCUT2D eigenvalue weighted by Gasteiger charge is 2.12. The molecule has 1 amide bonds. The summed E-state index contributed by atoms with van der Waals surface area (Å²) in [7, 11) is 1.66. The molecule has 0 aliphatic rings. The quantitative estimate of drug-likeness (QED) is 0.844. The van der Waals surface area contributed by atoms with Crippen molar-refractivity contribution in [3.05, 3.63) is 28.0 Å². The highest BCUT2D eigenvalue weighted by atomic mass is 32.1. The van der Waals surface area contributed by atoms with Crippen LogP contribution in [0.2, 0.25) is 0 Å². The molecule has 6 heteroatoms. The fourth-order valence-corrected chi connectivity index (χ4v) is 2.23. The molecule has 0 bridgehead atoms. The number of thiophene rings is 1. The van der Waals surface area contributed by atoms with Gasteiger partial charge in [-0.2, -0.15) is 0 Å². The van der Waals surface area contributed by atoms with E-state index in [0.29, 0.717) is 6.54 Å². The summed E-state index contributed by atoms with van der Waals surface area (Å²) in [5.74, 6) is -0.981. The number of amides is 1. The summed E-state index contributed by atoms with van der Waals surface area (Å²) in [5.41, 5.74) is 0.813. The molecule has 0 fully saturated rings. The van der Waals surface area contributed by atoms with Crippen LogP contribution in [0.4, 0.5) is 4.79 Å². The molecule has 19 heavy (non-hydrogen) atoms. The molecule has 5 nitrogen and oxygen atoms in total. The van der Waals surface area contributed by atoms with Crippen LogP contribution < -0.4 is 0 Å². The van der Waals surface area contributed by atoms with E-state index >= 15 is 0 Å². The molecular formula is C13H17NO4S. The van der Waals surface area contributed by atoms with Crippen molar-refractivity contribution in [3.8, 4) is 0 Å². The zero-order chi connectivity index (χ0) is 14.4. The van der Waals surface area contributed by atoms with Gasteiger partial charge in [0.25, 0.3) is 0 Å². The highest BCUT2D eigenvalue weighted by Crippen LogP contribution is 2.18. The Hall–Kier alpha value is -1.82. The van der Waals surface area contributed by atoms with Crippen LogP contribution in [0.1, 0.15) is 24.3 Å². The van der Waals surface area contributed by atoms with Crippen molar-refractivity contribution in [2.24, 2.45) is 0 Å². The molecule has 0 aliphatic heterocycles. The minimum Gasteiger partial charge on any atom is -0.478 e. The Balaban J connectivity index is 2.58. The molecular weight excluding hydrogens is 266 g/mol. The van der Waals surface area contributed by atoms with Gasteiger partial charge in [-0.25, -0.2) is 9.59 Å². The number of carboxylic acid groups (broad SMARTS) is 1. The minimum absolute atomic E-state index is 0.146. The Morgan fingerprint density at radius 3 is 2.79 bits per heavy atom. The second kappa shape index (κ2) is 6.94. The predicted molar refractivity (Wildman–Crippen MR) is 74.1 cm³/mol. The first kappa shape index (κ1) is 15.2. The van der Waals surface area contributed by atoms with Crippen molar-refractivity contribution < 1.29 is 19.4 Å². The van der Waals surface area contributed by atoms with E-state index in [1.54, 1.807) is 20.9 Å². The zero-order valence-electron chi connectivity index (χ0n) is 11.1. The van der Waals surface area contributed by atoms with E-state index in [2.05, 4.69) is 0 Å². The Morgan fingerprint density at radius 2 is 2.21 bits per heavy atom. The van der Waals surface area contributed by atoms with Crippen molar-refractivity contribution in [3.63, 3.8) is 0 Å². The van der Waals surface area contributed by atoms with Crippen molar-refractivity contribution in [1.82, 2.24) is 4.90 Å². The van der Waals surface area contributed by atoms with Gasteiger partial charge in [0, 0.05) is 18.0 Å². The first-order valence-corrected chi connectivity index (χ1v) is 6.66. The van der Waals surface area contributed by atoms with Crippen LogP contribution in [0.25, 0.3) is 6.08 Å². The SMILES string of the molecule is CC(C)OC(=O)N(C)Cc1cc(C=CC(=O)O)cs1. The standard InChI is InChI=1S/C13H17NO4S/c1-9(2)18-13(17)14(3)7-11-6-10(8-19-11)4-5-12(15)16/h4-6,8-9H,7H2,1-3H3,(H,15,16). The van der Waals surface area contributed by atoms with Gasteiger partial charge in [-0.15, -0.1) is 11.3 Å². The van der Waals surface area contributed by atoms with Gasteiger partial charge < -0.3 is 14.7 Å². The van der Waals surface area contributed by atoms with Crippen LogP contribution in [0.15, 0.2) is 17.5 Å². The van der Waals surface area contributed by atoms with Gasteiger partial charge in [-0.3, -0.25) is 0 Å². The summed E-state index contributed by atoms with van der Waals surface area (Å²) in [6, 6.07) is 1.85. The first-order chi connectivity index (χ1) is 8.88. The van der Waals surface area contributed by atoms with Crippen molar-refractivity contribution in [1.29, 1.82) is 0 Å². The molecule has 0 radical (unpaired) electrons. The zero-order valence-corrected chi connectivity index (χ0v) is 11.9. The number of carbonyl (C=O) groups is 2. The lowest BCUT2D eigenvalue weighted by Gasteiger charge is -2.17. The van der Waals surface area contributed by atoms with Gasteiger partial charge in [0.2, 0.25) is 0 Å². The number of hydrogen-bond donors (Lipinski definition) is 1. The third kappa shape index (κ3) is 5.56. The minimum atomic E-state index is -0.981. The smallest absolute Gasteiger partial charge is 0.410 e. The Kier molecular flexibility index (Phi) is 5.57. The first-order valence-electron chi connectivity index (χ1n) is 5.78. The van der Waals surface area contributed by atoms with Crippen LogP contribution in [-0.2, 0) is 16.1 Å². The lowest BCUT2D eigenvalue weighted by atomic mass is 10.3. The van der Waals surface area contributed by atoms with E-state index in [-0.39, 0.29) is 12.2 Å². The van der Waals surface area contributed by atoms with E-state index in [4.69, 9.17) is 9.84 Å². The lowest BCUT2D eigenvalue weighted by molar-refractivity contribution is -0.131. The van der Waals surface area contributed by atoms with Gasteiger partial charge in [-0.1, -0.05) is 0 Å². The Labute approximate surface area is 116 Å². The third-order valence-electron chi connectivity index (χ3n) is 2.13. The molecule has 0 unspecified atom stereocenters. The van der Waals surface area contributed by atoms with Crippen LogP contribution in [0, 0.1) is 0 Å². The molecule has 1 rings (SSSR count). The predicted octanol–water partition coefficient (Wildman–Crippen LogP) is 2.82. The molecule has 0 saturated carbocycles. The fourth-order valence-electron chi connectivity index (χ4n) is 1.33. The maximum atomic E-state index is 11.6. The molecule has 0 aromatic carbocycles. The van der Waals surface area contributed by atoms with Crippen LogP contribution in [0.3, 0.4) is 0 Å². The van der Waals surface area contributed by atoms with Gasteiger partial charge >= 0.3 is 12.1 Å². The highest BCUT2D eigenvalue weighted by molar-refractivity contribution is 7.10. The topological polar surface area (TPSA) is 66.8 Å². The summed E-state index contributed by atoms with van der Waals surface area (Å²) in [5, 5.41) is 10.4. The molecule has 1 N–H and O–H groups in total. The number of carboxylic acids is 1. The molecule has 0 spiro atoms. The van der Waals surface area contributed by atoms with Gasteiger partial charge in [0.05, 0.1) is 12.6 Å². The average Bonchev–Trinajstić information content (AvgIpc) is 2.73. The summed E-state index contributed by atoms with van der Waals surface area (Å²) in [6.45, 7) is 4.04. The number of ether oxygens (including phenoxy) is 1. The van der Waals surface area contributed by atoms with E-state index in [9.17, 15) is 9.59 Å². The summed E-state index contributed by atoms with van der Waals surface area (Å²) >= 11 is 1.47. The van der Waals surface area contributed by atoms with Crippen molar-refractivity contribution in [2.75, 3.05) is 7.05 Å². The second-order valence-electron chi connectivity index (χ2n) is 4.31. The number of aliphatic carboxylic acids is 1. The molecule has 0 aliphatic carbocycles. The molecule has 104 valence electrons. The van der Waals surface area contributed by atoms with Crippen LogP contribution in [-0.4, -0.2) is 35.2 Å². The third-order valence-corrected chi connectivity index (χ3v) is 3.07. The lowest BCUT2D eigenvalue weighted by Crippen LogP contribution is -2.28.